The van der Waals surface area contributed by atoms with E-state index in [-0.39, 0.29) is 11.9 Å². The van der Waals surface area contributed by atoms with E-state index in [0.717, 1.165) is 35.9 Å². The second-order valence-corrected chi connectivity index (χ2v) is 7.35. The first kappa shape index (κ1) is 17.8. The number of nitrogens with zero attached hydrogens (tertiary/aromatic N) is 4. The number of aromatic nitrogens is 3. The van der Waals surface area contributed by atoms with Crippen LogP contribution in [0.15, 0.2) is 46.1 Å². The number of allylic oxidation sites excluding steroid dienone is 2. The average molecular weight is 360 g/mol. The molecule has 7 heteroatoms. The molecule has 0 fully saturated rings. The third-order valence-corrected chi connectivity index (χ3v) is 5.17. The third-order valence-electron chi connectivity index (χ3n) is 4.23. The second-order valence-electron chi connectivity index (χ2n) is 6.40. The number of thioether (sulfide) groups is 1. The van der Waals surface area contributed by atoms with Gasteiger partial charge in [0.25, 0.3) is 0 Å². The van der Waals surface area contributed by atoms with Gasteiger partial charge in [0.15, 0.2) is 5.16 Å². The van der Waals surface area contributed by atoms with Crippen LogP contribution >= 0.6 is 11.8 Å². The van der Waals surface area contributed by atoms with Gasteiger partial charge in [0.1, 0.15) is 12.1 Å². The van der Waals surface area contributed by atoms with Gasteiger partial charge < -0.3 is 13.9 Å². The summed E-state index contributed by atoms with van der Waals surface area (Å²) in [5, 5.41) is 8.86. The highest BCUT2D eigenvalue weighted by molar-refractivity contribution is 7.99. The van der Waals surface area contributed by atoms with Gasteiger partial charge in [0.05, 0.1) is 18.6 Å². The van der Waals surface area contributed by atoms with Crippen molar-refractivity contribution < 1.29 is 9.21 Å². The Labute approximate surface area is 152 Å². The maximum Gasteiger partial charge on any atom is 0.237 e. The van der Waals surface area contributed by atoms with Crippen LogP contribution in [0.2, 0.25) is 0 Å². The lowest BCUT2D eigenvalue weighted by Gasteiger charge is -2.27. The summed E-state index contributed by atoms with van der Waals surface area (Å²) >= 11 is 1.44. The van der Waals surface area contributed by atoms with Crippen molar-refractivity contribution in [3.8, 4) is 0 Å². The summed E-state index contributed by atoms with van der Waals surface area (Å²) in [5.41, 5.74) is 1.11. The molecule has 2 heterocycles. The van der Waals surface area contributed by atoms with E-state index in [2.05, 4.69) is 30.1 Å². The van der Waals surface area contributed by atoms with Crippen LogP contribution in [0.3, 0.4) is 0 Å². The molecule has 0 saturated carbocycles. The monoisotopic (exact) mass is 360 g/mol. The van der Waals surface area contributed by atoms with Gasteiger partial charge in [-0.2, -0.15) is 0 Å². The van der Waals surface area contributed by atoms with Crippen LogP contribution in [0.1, 0.15) is 51.3 Å². The predicted molar refractivity (Wildman–Crippen MR) is 96.9 cm³/mol. The van der Waals surface area contributed by atoms with Gasteiger partial charge in [0.2, 0.25) is 5.91 Å². The fraction of sp³-hybridized carbons (Fsp3) is 0.500. The minimum atomic E-state index is 0.0767. The molecule has 0 aromatic carbocycles. The van der Waals surface area contributed by atoms with Crippen molar-refractivity contribution in [1.82, 2.24) is 19.7 Å². The van der Waals surface area contributed by atoms with Crippen LogP contribution in [0, 0.1) is 0 Å². The lowest BCUT2D eigenvalue weighted by molar-refractivity contribution is -0.127. The first-order valence-electron chi connectivity index (χ1n) is 8.69. The Hall–Kier alpha value is -2.02. The summed E-state index contributed by atoms with van der Waals surface area (Å²) in [6.45, 7) is 4.63. The minimum absolute atomic E-state index is 0.0767. The molecule has 0 saturated heterocycles. The quantitative estimate of drug-likeness (QED) is 0.698. The highest BCUT2D eigenvalue weighted by Crippen LogP contribution is 2.25. The van der Waals surface area contributed by atoms with Gasteiger partial charge in [-0.1, -0.05) is 17.8 Å². The van der Waals surface area contributed by atoms with E-state index in [1.165, 1.54) is 18.2 Å². The fourth-order valence-electron chi connectivity index (χ4n) is 2.87. The number of hydrogen-bond acceptors (Lipinski definition) is 5. The molecule has 1 amide bonds. The van der Waals surface area contributed by atoms with Crippen molar-refractivity contribution in [1.29, 1.82) is 0 Å². The number of carbonyl (C=O) groups excluding carboxylic acids is 1. The molecule has 1 aliphatic carbocycles. The first-order chi connectivity index (χ1) is 12.1. The number of amides is 1. The highest BCUT2D eigenvalue weighted by Gasteiger charge is 2.22. The van der Waals surface area contributed by atoms with E-state index in [1.807, 2.05) is 21.6 Å². The predicted octanol–water partition coefficient (Wildman–Crippen LogP) is 4.03. The van der Waals surface area contributed by atoms with E-state index in [4.69, 9.17) is 4.42 Å². The van der Waals surface area contributed by atoms with Crippen molar-refractivity contribution >= 4 is 17.7 Å². The molecule has 0 N–H and O–H groups in total. The van der Waals surface area contributed by atoms with Gasteiger partial charge in [0, 0.05) is 11.7 Å². The molecule has 25 heavy (non-hydrogen) atoms. The average Bonchev–Trinajstić information content (AvgIpc) is 3.30. The smallest absolute Gasteiger partial charge is 0.237 e. The van der Waals surface area contributed by atoms with Gasteiger partial charge in [-0.25, -0.2) is 0 Å². The molecule has 0 unspecified atom stereocenters. The molecule has 0 atom stereocenters. The van der Waals surface area contributed by atoms with Gasteiger partial charge in [-0.15, -0.1) is 10.2 Å². The maximum absolute atomic E-state index is 12.9. The van der Waals surface area contributed by atoms with Crippen LogP contribution in [0.25, 0.3) is 0 Å². The van der Waals surface area contributed by atoms with E-state index in [0.29, 0.717) is 12.3 Å². The summed E-state index contributed by atoms with van der Waals surface area (Å²) in [6.07, 6.45) is 9.84. The van der Waals surface area contributed by atoms with Crippen LogP contribution in [-0.2, 0) is 11.3 Å². The Morgan fingerprint density at radius 2 is 2.32 bits per heavy atom. The lowest BCUT2D eigenvalue weighted by atomic mass is 10.0. The standard InChI is InChI=1S/C18H24N4O2S/c1-14(2)22-13-19-20-18(22)25-12-17(23)21(11-16-9-6-10-24-16)15-7-4-3-5-8-15/h6-7,9-10,13-14H,3-5,8,11-12H2,1-2H3. The molecule has 3 rings (SSSR count). The third kappa shape index (κ3) is 4.54. The molecule has 2 aromatic heterocycles. The topological polar surface area (TPSA) is 64.2 Å². The molecule has 0 spiro atoms. The zero-order valence-corrected chi connectivity index (χ0v) is 15.5. The molecule has 0 bridgehead atoms. The summed E-state index contributed by atoms with van der Waals surface area (Å²) in [6, 6.07) is 4.03. The molecule has 1 aliphatic rings. The van der Waals surface area contributed by atoms with Gasteiger partial charge in [-0.3, -0.25) is 4.79 Å². The second kappa shape index (κ2) is 8.38. The lowest BCUT2D eigenvalue weighted by Crippen LogP contribution is -2.32. The Kier molecular flexibility index (Phi) is 5.96. The minimum Gasteiger partial charge on any atom is -0.467 e. The SMILES string of the molecule is CC(C)n1cnnc1SCC(=O)N(Cc1ccco1)C1=CCCCC1. The summed E-state index contributed by atoms with van der Waals surface area (Å²) in [7, 11) is 0. The molecule has 2 aromatic rings. The maximum atomic E-state index is 12.9. The van der Waals surface area contributed by atoms with Crippen LogP contribution in [0.4, 0.5) is 0 Å². The number of furan rings is 1. The van der Waals surface area contributed by atoms with Crippen molar-refractivity contribution in [2.75, 3.05) is 5.75 Å². The van der Waals surface area contributed by atoms with E-state index in [9.17, 15) is 4.79 Å². The summed E-state index contributed by atoms with van der Waals surface area (Å²) in [5.74, 6) is 1.21. The zero-order valence-electron chi connectivity index (χ0n) is 14.7. The van der Waals surface area contributed by atoms with Gasteiger partial charge >= 0.3 is 0 Å². The molecule has 6 nitrogen and oxygen atoms in total. The first-order valence-corrected chi connectivity index (χ1v) is 9.68. The number of rotatable bonds is 7. The molecule has 0 aliphatic heterocycles. The summed E-state index contributed by atoms with van der Waals surface area (Å²) < 4.78 is 7.43. The van der Waals surface area contributed by atoms with Crippen LogP contribution < -0.4 is 0 Å². The molecular formula is C18H24N4O2S. The fourth-order valence-corrected chi connectivity index (χ4v) is 3.79. The van der Waals surface area contributed by atoms with E-state index < -0.39 is 0 Å². The van der Waals surface area contributed by atoms with Gasteiger partial charge in [-0.05, 0) is 51.7 Å². The Morgan fingerprint density at radius 3 is 3.00 bits per heavy atom. The molecule has 0 radical (unpaired) electrons. The van der Waals surface area contributed by atoms with E-state index in [1.54, 1.807) is 12.6 Å². The molecule has 134 valence electrons. The summed E-state index contributed by atoms with van der Waals surface area (Å²) in [4.78, 5) is 14.8. The highest BCUT2D eigenvalue weighted by atomic mass is 32.2. The molecular weight excluding hydrogens is 336 g/mol. The van der Waals surface area contributed by atoms with Crippen molar-refractivity contribution in [2.24, 2.45) is 0 Å². The van der Waals surface area contributed by atoms with E-state index >= 15 is 0 Å². The normalized spacial score (nSPS) is 14.6. The Bertz CT molecular complexity index is 721. The Balaban J connectivity index is 1.70. The number of hydrogen-bond donors (Lipinski definition) is 0. The van der Waals surface area contributed by atoms with Crippen molar-refractivity contribution in [3.05, 3.63) is 42.3 Å². The van der Waals surface area contributed by atoms with Crippen molar-refractivity contribution in [2.45, 2.75) is 57.3 Å². The zero-order chi connectivity index (χ0) is 17.6. The van der Waals surface area contributed by atoms with Crippen LogP contribution in [0.5, 0.6) is 0 Å². The Morgan fingerprint density at radius 1 is 1.44 bits per heavy atom. The number of carbonyl (C=O) groups is 1. The largest absolute Gasteiger partial charge is 0.467 e. The van der Waals surface area contributed by atoms with Crippen LogP contribution in [-0.4, -0.2) is 31.3 Å². The van der Waals surface area contributed by atoms with Crippen molar-refractivity contribution in [3.63, 3.8) is 0 Å².